The number of carboxylic acid groups (broad SMARTS) is 1. The van der Waals surface area contributed by atoms with Gasteiger partial charge in [-0.05, 0) is 68.1 Å². The molecule has 3 aromatic heterocycles. The number of pyridine rings is 1. The first-order valence-corrected chi connectivity index (χ1v) is 11.6. The molecule has 0 spiro atoms. The number of nitrogens with zero attached hydrogens (tertiary/aromatic N) is 4. The fourth-order valence-corrected chi connectivity index (χ4v) is 4.70. The van der Waals surface area contributed by atoms with Crippen LogP contribution in [-0.2, 0) is 6.42 Å². The van der Waals surface area contributed by atoms with Crippen molar-refractivity contribution in [1.82, 2.24) is 25.1 Å². The van der Waals surface area contributed by atoms with Gasteiger partial charge in [-0.1, -0.05) is 18.6 Å². The van der Waals surface area contributed by atoms with Crippen LogP contribution in [0.15, 0.2) is 54.9 Å². The van der Waals surface area contributed by atoms with E-state index in [4.69, 9.17) is 4.74 Å². The van der Waals surface area contributed by atoms with E-state index in [0.717, 1.165) is 35.9 Å². The first-order valence-electron chi connectivity index (χ1n) is 11.6. The lowest BCUT2D eigenvalue weighted by Crippen LogP contribution is -2.34. The predicted octanol–water partition coefficient (Wildman–Crippen LogP) is 4.77. The predicted molar refractivity (Wildman–Crippen MR) is 130 cm³/mol. The summed E-state index contributed by atoms with van der Waals surface area (Å²) in [4.78, 5) is 16.5. The van der Waals surface area contributed by atoms with Gasteiger partial charge in [-0.2, -0.15) is 0 Å². The molecule has 4 aromatic rings. The van der Waals surface area contributed by atoms with Gasteiger partial charge in [0.1, 0.15) is 0 Å². The zero-order valence-electron chi connectivity index (χ0n) is 19.1. The molecule has 1 saturated heterocycles. The molecule has 1 atom stereocenters. The van der Waals surface area contributed by atoms with Crippen LogP contribution in [0.2, 0.25) is 0 Å². The number of carbonyl (C=O) groups is 1. The van der Waals surface area contributed by atoms with E-state index in [1.54, 1.807) is 12.4 Å². The number of benzene rings is 1. The molecular formula is C26H27N5O3. The number of methoxy groups -OCH3 is 1. The second-order valence-corrected chi connectivity index (χ2v) is 8.61. The van der Waals surface area contributed by atoms with E-state index in [2.05, 4.69) is 26.6 Å². The van der Waals surface area contributed by atoms with Crippen LogP contribution in [-0.4, -0.2) is 50.6 Å². The lowest BCUT2D eigenvalue weighted by molar-refractivity contribution is 0.198. The highest BCUT2D eigenvalue weighted by Crippen LogP contribution is 2.35. The van der Waals surface area contributed by atoms with E-state index in [1.165, 1.54) is 30.9 Å². The zero-order valence-corrected chi connectivity index (χ0v) is 19.1. The maximum absolute atomic E-state index is 12.4. The van der Waals surface area contributed by atoms with Crippen molar-refractivity contribution in [2.24, 2.45) is 0 Å². The molecular weight excluding hydrogens is 430 g/mol. The topological polar surface area (TPSA) is 102 Å². The summed E-state index contributed by atoms with van der Waals surface area (Å²) in [7, 11) is 1.50. The normalized spacial score (nSPS) is 16.0. The maximum atomic E-state index is 12.4. The molecule has 0 saturated carbocycles. The summed E-state index contributed by atoms with van der Waals surface area (Å²) in [5, 5.41) is 23.1. The van der Waals surface area contributed by atoms with Crippen LogP contribution in [0.25, 0.3) is 33.4 Å². The van der Waals surface area contributed by atoms with E-state index in [9.17, 15) is 9.90 Å². The van der Waals surface area contributed by atoms with Crippen LogP contribution in [0.4, 0.5) is 4.79 Å². The minimum absolute atomic E-state index is 0.270. The van der Waals surface area contributed by atoms with Crippen LogP contribution in [0.1, 0.15) is 31.2 Å². The fraction of sp³-hybridized carbons (Fsp3) is 0.308. The molecule has 1 aliphatic rings. The number of nitrogens with one attached hydrogen (secondary N) is 1. The van der Waals surface area contributed by atoms with E-state index in [1.807, 2.05) is 36.4 Å². The summed E-state index contributed by atoms with van der Waals surface area (Å²) in [6, 6.07) is 13.9. The molecule has 2 N–H and O–H groups in total. The molecule has 1 aliphatic heterocycles. The molecule has 34 heavy (non-hydrogen) atoms. The SMILES string of the molecule is COc1nnc(-c2ccncc2)cc1-c1cc2ccc(CCC3CCCCN3)cc2n1C(=O)O. The Hall–Kier alpha value is -3.78. The number of aromatic nitrogens is 4. The van der Waals surface area contributed by atoms with Gasteiger partial charge in [0.2, 0.25) is 5.88 Å². The highest BCUT2D eigenvalue weighted by molar-refractivity contribution is 5.96. The van der Waals surface area contributed by atoms with E-state index in [0.29, 0.717) is 28.5 Å². The average Bonchev–Trinajstić information content (AvgIpc) is 3.27. The quantitative estimate of drug-likeness (QED) is 0.430. The second kappa shape index (κ2) is 9.61. The average molecular weight is 458 g/mol. The van der Waals surface area contributed by atoms with Gasteiger partial charge in [0, 0.05) is 29.4 Å². The van der Waals surface area contributed by atoms with Crippen molar-refractivity contribution in [3.05, 3.63) is 60.4 Å². The smallest absolute Gasteiger partial charge is 0.416 e. The van der Waals surface area contributed by atoms with Crippen LogP contribution in [0.3, 0.4) is 0 Å². The number of hydrogen-bond acceptors (Lipinski definition) is 6. The summed E-state index contributed by atoms with van der Waals surface area (Å²) < 4.78 is 6.76. The Morgan fingerprint density at radius 2 is 2.00 bits per heavy atom. The third-order valence-electron chi connectivity index (χ3n) is 6.46. The maximum Gasteiger partial charge on any atom is 0.416 e. The highest BCUT2D eigenvalue weighted by atomic mass is 16.5. The van der Waals surface area contributed by atoms with Crippen molar-refractivity contribution in [3.63, 3.8) is 0 Å². The molecule has 0 radical (unpaired) electrons. The van der Waals surface area contributed by atoms with E-state index < -0.39 is 6.09 Å². The zero-order chi connectivity index (χ0) is 23.5. The Bertz CT molecular complexity index is 1310. The number of rotatable bonds is 6. The third kappa shape index (κ3) is 4.36. The summed E-state index contributed by atoms with van der Waals surface area (Å²) in [6.45, 7) is 1.08. The Morgan fingerprint density at radius 3 is 2.74 bits per heavy atom. The van der Waals surface area contributed by atoms with E-state index >= 15 is 0 Å². The lowest BCUT2D eigenvalue weighted by atomic mass is 9.97. The molecule has 0 bridgehead atoms. The van der Waals surface area contributed by atoms with Gasteiger partial charge in [-0.3, -0.25) is 4.98 Å². The van der Waals surface area contributed by atoms with Crippen molar-refractivity contribution >= 4 is 17.0 Å². The highest BCUT2D eigenvalue weighted by Gasteiger charge is 2.21. The van der Waals surface area contributed by atoms with Gasteiger partial charge >= 0.3 is 6.09 Å². The number of aryl methyl sites for hydroxylation is 1. The number of piperidine rings is 1. The Labute approximate surface area is 197 Å². The van der Waals surface area contributed by atoms with Gasteiger partial charge in [-0.25, -0.2) is 9.36 Å². The standard InChI is InChI=1S/C26H27N5O3/c1-34-25-21(16-22(29-30-25)18-9-12-27-13-10-18)24-15-19-7-5-17(14-23(19)31(24)26(32)33)6-8-20-4-2-3-11-28-20/h5,7,9-10,12-16,20,28H,2-4,6,8,11H2,1H3,(H,32,33). The Balaban J connectivity index is 1.55. The van der Waals surface area contributed by atoms with Crippen LogP contribution < -0.4 is 10.1 Å². The van der Waals surface area contributed by atoms with Crippen molar-refractivity contribution < 1.29 is 14.6 Å². The molecule has 174 valence electrons. The molecule has 1 unspecified atom stereocenters. The summed E-state index contributed by atoms with van der Waals surface area (Å²) in [6.07, 6.45) is 7.97. The van der Waals surface area contributed by atoms with E-state index in [-0.39, 0.29) is 5.88 Å². The summed E-state index contributed by atoms with van der Waals surface area (Å²) in [5.41, 5.74) is 4.29. The fourth-order valence-electron chi connectivity index (χ4n) is 4.70. The van der Waals surface area contributed by atoms with Gasteiger partial charge in [0.25, 0.3) is 0 Å². The third-order valence-corrected chi connectivity index (χ3v) is 6.46. The molecule has 0 amide bonds. The second-order valence-electron chi connectivity index (χ2n) is 8.61. The van der Waals surface area contributed by atoms with Crippen LogP contribution in [0.5, 0.6) is 5.88 Å². The van der Waals surface area contributed by atoms with Gasteiger partial charge in [0.15, 0.2) is 0 Å². The minimum Gasteiger partial charge on any atom is -0.479 e. The van der Waals surface area contributed by atoms with Crippen molar-refractivity contribution in [2.75, 3.05) is 13.7 Å². The molecule has 5 rings (SSSR count). The largest absolute Gasteiger partial charge is 0.479 e. The van der Waals surface area contributed by atoms with Gasteiger partial charge in [0.05, 0.1) is 29.6 Å². The number of ether oxygens (including phenoxy) is 1. The first kappa shape index (κ1) is 22.0. The first-order chi connectivity index (χ1) is 16.6. The van der Waals surface area contributed by atoms with Crippen molar-refractivity contribution in [2.45, 2.75) is 38.1 Å². The minimum atomic E-state index is -1.06. The molecule has 1 fully saturated rings. The lowest BCUT2D eigenvalue weighted by Gasteiger charge is -2.23. The molecule has 4 heterocycles. The van der Waals surface area contributed by atoms with Crippen molar-refractivity contribution in [3.8, 4) is 28.4 Å². The van der Waals surface area contributed by atoms with Crippen LogP contribution >= 0.6 is 0 Å². The van der Waals surface area contributed by atoms with Gasteiger partial charge < -0.3 is 15.2 Å². The number of hydrogen-bond donors (Lipinski definition) is 2. The Morgan fingerprint density at radius 1 is 1.15 bits per heavy atom. The molecule has 1 aromatic carbocycles. The Kier molecular flexibility index (Phi) is 6.22. The monoisotopic (exact) mass is 457 g/mol. The molecule has 8 heteroatoms. The summed E-state index contributed by atoms with van der Waals surface area (Å²) >= 11 is 0. The van der Waals surface area contributed by atoms with Crippen LogP contribution in [0, 0.1) is 0 Å². The molecule has 8 nitrogen and oxygen atoms in total. The van der Waals surface area contributed by atoms with Crippen molar-refractivity contribution in [1.29, 1.82) is 0 Å². The molecule has 0 aliphatic carbocycles. The van der Waals surface area contributed by atoms with Gasteiger partial charge in [-0.15, -0.1) is 10.2 Å². The summed E-state index contributed by atoms with van der Waals surface area (Å²) in [5.74, 6) is 0.270. The number of fused-ring (bicyclic) bond motifs is 1.